The Morgan fingerprint density at radius 2 is 1.83 bits per heavy atom. The van der Waals surface area contributed by atoms with Crippen molar-refractivity contribution in [2.24, 2.45) is 5.41 Å². The number of halogens is 2. The first kappa shape index (κ1) is 15.0. The third-order valence-electron chi connectivity index (χ3n) is 2.35. The van der Waals surface area contributed by atoms with E-state index >= 15 is 0 Å². The molecule has 0 saturated carbocycles. The van der Waals surface area contributed by atoms with Crippen LogP contribution < -0.4 is 4.72 Å². The largest absolute Gasteiger partial charge is 0.243 e. The zero-order chi connectivity index (χ0) is 14.0. The van der Waals surface area contributed by atoms with Crippen LogP contribution in [0.5, 0.6) is 0 Å². The van der Waals surface area contributed by atoms with Gasteiger partial charge < -0.3 is 0 Å². The Bertz CT molecular complexity index is 521. The molecule has 0 spiro atoms. The Kier molecular flexibility index (Phi) is 4.45. The molecule has 0 bridgehead atoms. The molecule has 0 atom stereocenters. The van der Waals surface area contributed by atoms with Gasteiger partial charge in [0.1, 0.15) is 16.5 Å². The molecule has 0 aliphatic rings. The topological polar surface area (TPSA) is 46.2 Å². The van der Waals surface area contributed by atoms with Crippen molar-refractivity contribution < 1.29 is 17.2 Å². The zero-order valence-corrected chi connectivity index (χ0v) is 11.4. The highest BCUT2D eigenvalue weighted by molar-refractivity contribution is 7.89. The number of rotatable bonds is 4. The van der Waals surface area contributed by atoms with E-state index in [1.807, 2.05) is 20.8 Å². The number of benzene rings is 1. The molecular formula is C12H17F2NO2S. The summed E-state index contributed by atoms with van der Waals surface area (Å²) in [5.74, 6) is -1.89. The molecule has 0 saturated heterocycles. The molecule has 1 rings (SSSR count). The van der Waals surface area contributed by atoms with Gasteiger partial charge in [0.2, 0.25) is 10.0 Å². The molecule has 1 N–H and O–H groups in total. The van der Waals surface area contributed by atoms with Gasteiger partial charge in [-0.25, -0.2) is 21.9 Å². The molecule has 0 fully saturated rings. The van der Waals surface area contributed by atoms with Crippen molar-refractivity contribution in [3.63, 3.8) is 0 Å². The molecule has 0 unspecified atom stereocenters. The fourth-order valence-corrected chi connectivity index (χ4v) is 2.42. The third-order valence-corrected chi connectivity index (χ3v) is 3.84. The third kappa shape index (κ3) is 4.34. The Morgan fingerprint density at radius 3 is 2.33 bits per heavy atom. The first-order valence-electron chi connectivity index (χ1n) is 5.56. The van der Waals surface area contributed by atoms with Gasteiger partial charge >= 0.3 is 0 Å². The lowest BCUT2D eigenvalue weighted by molar-refractivity contribution is 0.378. The molecule has 18 heavy (non-hydrogen) atoms. The lowest BCUT2D eigenvalue weighted by Gasteiger charge is -2.18. The second kappa shape index (κ2) is 5.32. The summed E-state index contributed by atoms with van der Waals surface area (Å²) in [5.41, 5.74) is -0.0239. The SMILES string of the molecule is CC(C)(C)CCNS(=O)(=O)c1ccc(F)cc1F. The predicted molar refractivity (Wildman–Crippen MR) is 65.6 cm³/mol. The average molecular weight is 277 g/mol. The van der Waals surface area contributed by atoms with E-state index in [1.165, 1.54) is 0 Å². The van der Waals surface area contributed by atoms with Crippen molar-refractivity contribution in [2.45, 2.75) is 32.1 Å². The fourth-order valence-electron chi connectivity index (χ4n) is 1.33. The summed E-state index contributed by atoms with van der Waals surface area (Å²) >= 11 is 0. The van der Waals surface area contributed by atoms with Gasteiger partial charge in [0, 0.05) is 12.6 Å². The first-order chi connectivity index (χ1) is 8.12. The molecule has 6 heteroatoms. The number of nitrogens with one attached hydrogen (secondary N) is 1. The van der Waals surface area contributed by atoms with E-state index in [4.69, 9.17) is 0 Å². The zero-order valence-electron chi connectivity index (χ0n) is 10.6. The highest BCUT2D eigenvalue weighted by atomic mass is 32.2. The van der Waals surface area contributed by atoms with Crippen molar-refractivity contribution in [1.82, 2.24) is 4.72 Å². The van der Waals surface area contributed by atoms with Crippen LogP contribution in [0.25, 0.3) is 0 Å². The highest BCUT2D eigenvalue weighted by Gasteiger charge is 2.20. The fraction of sp³-hybridized carbons (Fsp3) is 0.500. The molecule has 0 heterocycles. The van der Waals surface area contributed by atoms with Crippen molar-refractivity contribution in [2.75, 3.05) is 6.54 Å². The van der Waals surface area contributed by atoms with Gasteiger partial charge in [-0.1, -0.05) is 20.8 Å². The molecular weight excluding hydrogens is 260 g/mol. The Balaban J connectivity index is 2.81. The van der Waals surface area contributed by atoms with Crippen LogP contribution in [0.15, 0.2) is 23.1 Å². The Hall–Kier alpha value is -1.01. The van der Waals surface area contributed by atoms with Crippen LogP contribution in [0.2, 0.25) is 0 Å². The Morgan fingerprint density at radius 1 is 1.22 bits per heavy atom. The van der Waals surface area contributed by atoms with Gasteiger partial charge in [-0.2, -0.15) is 0 Å². The molecule has 1 aromatic carbocycles. The minimum absolute atomic E-state index is 0.0239. The molecule has 3 nitrogen and oxygen atoms in total. The average Bonchev–Trinajstić information content (AvgIpc) is 2.13. The van der Waals surface area contributed by atoms with Crippen molar-refractivity contribution >= 4 is 10.0 Å². The van der Waals surface area contributed by atoms with Crippen LogP contribution in [-0.2, 0) is 10.0 Å². The summed E-state index contributed by atoms with van der Waals surface area (Å²) in [4.78, 5) is -0.530. The van der Waals surface area contributed by atoms with Crippen LogP contribution in [0.1, 0.15) is 27.2 Å². The lowest BCUT2D eigenvalue weighted by atomic mass is 9.93. The van der Waals surface area contributed by atoms with Gasteiger partial charge in [-0.3, -0.25) is 0 Å². The molecule has 0 aliphatic carbocycles. The van der Waals surface area contributed by atoms with Gasteiger partial charge in [0.15, 0.2) is 0 Å². The summed E-state index contributed by atoms with van der Waals surface area (Å²) in [6, 6.07) is 2.39. The minimum atomic E-state index is -3.92. The van der Waals surface area contributed by atoms with E-state index in [9.17, 15) is 17.2 Å². The van der Waals surface area contributed by atoms with Crippen LogP contribution in [0, 0.1) is 17.0 Å². The summed E-state index contributed by atoms with van der Waals surface area (Å²) in [6.07, 6.45) is 0.620. The van der Waals surface area contributed by atoms with E-state index in [2.05, 4.69) is 4.72 Å². The summed E-state index contributed by atoms with van der Waals surface area (Å²) < 4.78 is 51.9. The Labute approximate surface area is 106 Å². The standard InChI is InChI=1S/C12H17F2NO2S/c1-12(2,3)6-7-15-18(16,17)11-5-4-9(13)8-10(11)14/h4-5,8,15H,6-7H2,1-3H3. The molecule has 0 aliphatic heterocycles. The van der Waals surface area contributed by atoms with E-state index in [-0.39, 0.29) is 12.0 Å². The van der Waals surface area contributed by atoms with Gasteiger partial charge in [-0.05, 0) is 24.0 Å². The van der Waals surface area contributed by atoms with E-state index in [0.29, 0.717) is 12.5 Å². The molecule has 0 radical (unpaired) electrons. The van der Waals surface area contributed by atoms with E-state index in [1.54, 1.807) is 0 Å². The van der Waals surface area contributed by atoms with Crippen LogP contribution in [-0.4, -0.2) is 15.0 Å². The van der Waals surface area contributed by atoms with Crippen LogP contribution >= 0.6 is 0 Å². The molecule has 0 amide bonds. The van der Waals surface area contributed by atoms with Crippen LogP contribution in [0.4, 0.5) is 8.78 Å². The summed E-state index contributed by atoms with van der Waals surface area (Å²) in [6.45, 7) is 6.13. The van der Waals surface area contributed by atoms with E-state index < -0.39 is 26.6 Å². The maximum Gasteiger partial charge on any atom is 0.243 e. The normalized spacial score (nSPS) is 12.7. The monoisotopic (exact) mass is 277 g/mol. The maximum atomic E-state index is 13.3. The predicted octanol–water partition coefficient (Wildman–Crippen LogP) is 2.68. The second-order valence-electron chi connectivity index (χ2n) is 5.28. The van der Waals surface area contributed by atoms with Gasteiger partial charge in [0.25, 0.3) is 0 Å². The quantitative estimate of drug-likeness (QED) is 0.919. The molecule has 0 aromatic heterocycles. The van der Waals surface area contributed by atoms with Gasteiger partial charge in [-0.15, -0.1) is 0 Å². The highest BCUT2D eigenvalue weighted by Crippen LogP contribution is 2.19. The first-order valence-corrected chi connectivity index (χ1v) is 7.05. The summed E-state index contributed by atoms with van der Waals surface area (Å²) in [5, 5.41) is 0. The van der Waals surface area contributed by atoms with Crippen LogP contribution in [0.3, 0.4) is 0 Å². The number of hydrogen-bond acceptors (Lipinski definition) is 2. The smallest absolute Gasteiger partial charge is 0.211 e. The molecule has 102 valence electrons. The minimum Gasteiger partial charge on any atom is -0.211 e. The maximum absolute atomic E-state index is 13.3. The van der Waals surface area contributed by atoms with Crippen molar-refractivity contribution in [3.05, 3.63) is 29.8 Å². The van der Waals surface area contributed by atoms with E-state index in [0.717, 1.165) is 12.1 Å². The second-order valence-corrected chi connectivity index (χ2v) is 7.02. The number of sulfonamides is 1. The van der Waals surface area contributed by atoms with Gasteiger partial charge in [0.05, 0.1) is 0 Å². The molecule has 1 aromatic rings. The van der Waals surface area contributed by atoms with Crippen molar-refractivity contribution in [3.8, 4) is 0 Å². The lowest BCUT2D eigenvalue weighted by Crippen LogP contribution is -2.28. The number of hydrogen-bond donors (Lipinski definition) is 1. The summed E-state index contributed by atoms with van der Waals surface area (Å²) in [7, 11) is -3.92. The van der Waals surface area contributed by atoms with Crippen molar-refractivity contribution in [1.29, 1.82) is 0 Å².